The predicted octanol–water partition coefficient (Wildman–Crippen LogP) is 15.5. The highest BCUT2D eigenvalue weighted by atomic mass is 32.1. The van der Waals surface area contributed by atoms with Crippen LogP contribution < -0.4 is 0 Å². The van der Waals surface area contributed by atoms with Crippen LogP contribution in [-0.2, 0) is 0 Å². The molecular weight excluding hydrogens is 665 g/mol. The van der Waals surface area contributed by atoms with Gasteiger partial charge in [0, 0.05) is 19.2 Å². The summed E-state index contributed by atoms with van der Waals surface area (Å²) in [6.45, 7) is 0. The molecule has 0 amide bonds. The summed E-state index contributed by atoms with van der Waals surface area (Å²) in [6.07, 6.45) is 0. The van der Waals surface area contributed by atoms with Gasteiger partial charge in [0.2, 0.25) is 0 Å². The van der Waals surface area contributed by atoms with Crippen molar-refractivity contribution in [3.05, 3.63) is 170 Å². The minimum atomic E-state index is 1.28. The van der Waals surface area contributed by atoms with Crippen LogP contribution in [0.3, 0.4) is 0 Å². The maximum Gasteiger partial charge on any atom is 0.0355 e. The molecule has 10 aromatic carbocycles. The lowest BCUT2D eigenvalue weighted by molar-refractivity contribution is 1.75. The standard InChI is InChI=1S/C50H28S2/c1-3-7-31-19-39-23-37(11-9-33(39)17-29(31)5-1)47-25-41-21-35-13-15-44-43(45(35)27-49(41)51-47)16-14-36-22-42-26-48(52-50(42)28-46(36)44)38-12-10-34-18-30-6-2-4-8-32(30)20-40(34)24-38/h1-28H. The Morgan fingerprint density at radius 2 is 0.596 bits per heavy atom. The molecule has 0 saturated heterocycles. The van der Waals surface area contributed by atoms with E-state index in [4.69, 9.17) is 0 Å². The first-order valence-electron chi connectivity index (χ1n) is 17.8. The number of thiophene rings is 2. The van der Waals surface area contributed by atoms with Crippen LogP contribution >= 0.6 is 22.7 Å². The molecule has 0 unspecified atom stereocenters. The molecule has 0 N–H and O–H groups in total. The van der Waals surface area contributed by atoms with E-state index in [-0.39, 0.29) is 0 Å². The molecule has 2 aromatic heterocycles. The van der Waals surface area contributed by atoms with Crippen LogP contribution in [0, 0.1) is 0 Å². The summed E-state index contributed by atoms with van der Waals surface area (Å²) in [6, 6.07) is 64.0. The first kappa shape index (κ1) is 28.6. The summed E-state index contributed by atoms with van der Waals surface area (Å²) in [5.41, 5.74) is 2.56. The van der Waals surface area contributed by atoms with Crippen molar-refractivity contribution in [1.29, 1.82) is 0 Å². The van der Waals surface area contributed by atoms with Gasteiger partial charge in [-0.3, -0.25) is 0 Å². The summed E-state index contributed by atoms with van der Waals surface area (Å²) in [4.78, 5) is 2.62. The zero-order valence-electron chi connectivity index (χ0n) is 28.0. The van der Waals surface area contributed by atoms with Gasteiger partial charge in [-0.1, -0.05) is 97.1 Å². The summed E-state index contributed by atoms with van der Waals surface area (Å²) in [7, 11) is 0. The predicted molar refractivity (Wildman–Crippen MR) is 231 cm³/mol. The highest BCUT2D eigenvalue weighted by Gasteiger charge is 2.13. The molecule has 2 heteroatoms. The van der Waals surface area contributed by atoms with E-state index in [1.165, 1.54) is 116 Å². The fraction of sp³-hybridized carbons (Fsp3) is 0. The smallest absolute Gasteiger partial charge is 0.0355 e. The van der Waals surface area contributed by atoms with Crippen molar-refractivity contribution in [3.8, 4) is 20.9 Å². The maximum absolute atomic E-state index is 2.42. The molecule has 52 heavy (non-hydrogen) atoms. The fourth-order valence-corrected chi connectivity index (χ4v) is 10.6. The zero-order valence-corrected chi connectivity index (χ0v) is 29.6. The van der Waals surface area contributed by atoms with Gasteiger partial charge in [0.25, 0.3) is 0 Å². The van der Waals surface area contributed by atoms with Crippen molar-refractivity contribution in [2.45, 2.75) is 0 Å². The van der Waals surface area contributed by atoms with Gasteiger partial charge in [0.1, 0.15) is 0 Å². The molecule has 0 spiro atoms. The van der Waals surface area contributed by atoms with E-state index in [1.807, 2.05) is 22.7 Å². The molecule has 0 radical (unpaired) electrons. The average Bonchev–Trinajstić information content (AvgIpc) is 3.80. The summed E-state index contributed by atoms with van der Waals surface area (Å²) in [5, 5.41) is 20.8. The van der Waals surface area contributed by atoms with E-state index in [0.29, 0.717) is 0 Å². The minimum Gasteiger partial charge on any atom is -0.135 e. The molecule has 0 fully saturated rings. The number of rotatable bonds is 2. The first-order valence-corrected chi connectivity index (χ1v) is 19.4. The molecule has 2 heterocycles. The van der Waals surface area contributed by atoms with Crippen LogP contribution in [0.2, 0.25) is 0 Å². The molecule has 0 nitrogen and oxygen atoms in total. The topological polar surface area (TPSA) is 0 Å². The van der Waals surface area contributed by atoms with Crippen LogP contribution in [0.15, 0.2) is 170 Å². The van der Waals surface area contributed by atoms with Gasteiger partial charge in [0.05, 0.1) is 0 Å². The lowest BCUT2D eigenvalue weighted by Crippen LogP contribution is -1.81. The molecule has 12 aromatic rings. The van der Waals surface area contributed by atoms with Crippen molar-refractivity contribution in [1.82, 2.24) is 0 Å². The second-order valence-corrected chi connectivity index (χ2v) is 16.4. The highest BCUT2D eigenvalue weighted by molar-refractivity contribution is 7.22. The Hall–Kier alpha value is -6.06. The van der Waals surface area contributed by atoms with Crippen molar-refractivity contribution < 1.29 is 0 Å². The van der Waals surface area contributed by atoms with Crippen molar-refractivity contribution >= 4 is 118 Å². The van der Waals surface area contributed by atoms with E-state index >= 15 is 0 Å². The monoisotopic (exact) mass is 692 g/mol. The summed E-state index contributed by atoms with van der Waals surface area (Å²) < 4.78 is 2.66. The van der Waals surface area contributed by atoms with Gasteiger partial charge >= 0.3 is 0 Å². The van der Waals surface area contributed by atoms with Crippen molar-refractivity contribution in [2.75, 3.05) is 0 Å². The van der Waals surface area contributed by atoms with E-state index < -0.39 is 0 Å². The molecule has 12 rings (SSSR count). The number of benzene rings is 10. The molecule has 0 aliphatic rings. The van der Waals surface area contributed by atoms with Gasteiger partial charge in [-0.2, -0.15) is 0 Å². The van der Waals surface area contributed by atoms with Gasteiger partial charge in [-0.15, -0.1) is 22.7 Å². The fourth-order valence-electron chi connectivity index (χ4n) is 8.42. The Morgan fingerprint density at radius 1 is 0.231 bits per heavy atom. The van der Waals surface area contributed by atoms with Gasteiger partial charge < -0.3 is 0 Å². The molecule has 0 atom stereocenters. The van der Waals surface area contributed by atoms with Crippen LogP contribution in [0.25, 0.3) is 116 Å². The van der Waals surface area contributed by atoms with Gasteiger partial charge in [-0.05, 0) is 170 Å². The van der Waals surface area contributed by atoms with Gasteiger partial charge in [-0.25, -0.2) is 0 Å². The third-order valence-corrected chi connectivity index (χ3v) is 13.4. The average molecular weight is 693 g/mol. The lowest BCUT2D eigenvalue weighted by Gasteiger charge is -2.08. The lowest BCUT2D eigenvalue weighted by atomic mass is 9.96. The minimum absolute atomic E-state index is 1.28. The Labute approximate surface area is 307 Å². The Kier molecular flexibility index (Phi) is 5.90. The van der Waals surface area contributed by atoms with Crippen molar-refractivity contribution in [3.63, 3.8) is 0 Å². The van der Waals surface area contributed by atoms with Gasteiger partial charge in [0.15, 0.2) is 0 Å². The van der Waals surface area contributed by atoms with E-state index in [1.54, 1.807) is 0 Å². The Morgan fingerprint density at radius 3 is 1.04 bits per heavy atom. The number of fused-ring (bicyclic) bond motifs is 11. The van der Waals surface area contributed by atoms with Crippen LogP contribution in [0.4, 0.5) is 0 Å². The number of hydrogen-bond acceptors (Lipinski definition) is 2. The van der Waals surface area contributed by atoms with E-state index in [2.05, 4.69) is 170 Å². The van der Waals surface area contributed by atoms with E-state index in [9.17, 15) is 0 Å². The highest BCUT2D eigenvalue weighted by Crippen LogP contribution is 2.42. The SMILES string of the molecule is c1ccc2cc3cc(-c4cc5cc6ccc7c8cc9sc(-c%10ccc%11cc%12ccccc%12cc%11c%10)cc9cc8ccc7c6cc5s4)ccc3cc2c1. The molecule has 240 valence electrons. The van der Waals surface area contributed by atoms with Crippen LogP contribution in [0.5, 0.6) is 0 Å². The third kappa shape index (κ3) is 4.38. The quantitative estimate of drug-likeness (QED) is 0.125. The summed E-state index contributed by atoms with van der Waals surface area (Å²) >= 11 is 3.79. The first-order chi connectivity index (χ1) is 25.7. The zero-order chi connectivity index (χ0) is 33.9. The summed E-state index contributed by atoms with van der Waals surface area (Å²) in [5.74, 6) is 0. The second kappa shape index (κ2) is 10.7. The molecule has 0 aliphatic carbocycles. The molecule has 0 bridgehead atoms. The Bertz CT molecular complexity index is 3240. The van der Waals surface area contributed by atoms with Crippen LogP contribution in [0.1, 0.15) is 0 Å². The van der Waals surface area contributed by atoms with Crippen LogP contribution in [-0.4, -0.2) is 0 Å². The second-order valence-electron chi connectivity index (χ2n) is 14.2. The third-order valence-electron chi connectivity index (χ3n) is 11.1. The normalized spacial score (nSPS) is 12.2. The van der Waals surface area contributed by atoms with E-state index in [0.717, 1.165) is 0 Å². The molecule has 0 saturated carbocycles. The largest absolute Gasteiger partial charge is 0.135 e. The molecular formula is C50H28S2. The number of hydrogen-bond donors (Lipinski definition) is 0. The molecule has 0 aliphatic heterocycles. The Balaban J connectivity index is 0.958. The maximum atomic E-state index is 2.42. The van der Waals surface area contributed by atoms with Crippen molar-refractivity contribution in [2.24, 2.45) is 0 Å².